The van der Waals surface area contributed by atoms with Crippen LogP contribution in [0.2, 0.25) is 0 Å². The second kappa shape index (κ2) is 5.54. The number of hydrogen-bond donors (Lipinski definition) is 2. The first-order chi connectivity index (χ1) is 9.12. The molecular weight excluding hydrogens is 240 g/mol. The normalized spacial score (nSPS) is 17.2. The van der Waals surface area contributed by atoms with Gasteiger partial charge in [0.1, 0.15) is 11.6 Å². The molecule has 1 fully saturated rings. The number of aryl methyl sites for hydroxylation is 1. The van der Waals surface area contributed by atoms with Crippen molar-refractivity contribution in [3.8, 4) is 6.07 Å². The van der Waals surface area contributed by atoms with Gasteiger partial charge in [0, 0.05) is 12.0 Å². The number of nitriles is 1. The molecule has 2 rings (SSSR count). The third-order valence-electron chi connectivity index (χ3n) is 4.20. The molecule has 0 aliphatic heterocycles. The molecule has 2 N–H and O–H groups in total. The van der Waals surface area contributed by atoms with E-state index in [4.69, 9.17) is 0 Å². The Morgan fingerprint density at radius 1 is 1.32 bits per heavy atom. The first-order valence-corrected chi connectivity index (χ1v) is 6.70. The molecule has 0 amide bonds. The monoisotopic (exact) mass is 260 g/mol. The lowest BCUT2D eigenvalue weighted by atomic mass is 9.87. The van der Waals surface area contributed by atoms with Gasteiger partial charge < -0.3 is 10.4 Å². The Kier molecular flexibility index (Phi) is 4.01. The largest absolute Gasteiger partial charge is 0.396 e. The molecule has 0 unspecified atom stereocenters. The van der Waals surface area contributed by atoms with Gasteiger partial charge in [0.15, 0.2) is 5.82 Å². The Morgan fingerprint density at radius 2 is 2.00 bits per heavy atom. The van der Waals surface area contributed by atoms with Crippen molar-refractivity contribution in [3.63, 3.8) is 0 Å². The van der Waals surface area contributed by atoms with E-state index >= 15 is 0 Å². The number of rotatable bonds is 4. The number of nitrogens with one attached hydrogen (secondary N) is 1. The van der Waals surface area contributed by atoms with Crippen LogP contribution in [0.5, 0.6) is 0 Å². The molecule has 5 heteroatoms. The van der Waals surface area contributed by atoms with E-state index in [2.05, 4.69) is 21.6 Å². The minimum atomic E-state index is -0.0623. The highest BCUT2D eigenvalue weighted by Crippen LogP contribution is 2.37. The average Bonchev–Trinajstić information content (AvgIpc) is 2.89. The SMILES string of the molecule is Cc1nnc(NCC2(CO)CCCC2)c(C#N)c1C. The number of hydrogen-bond acceptors (Lipinski definition) is 5. The Hall–Kier alpha value is -1.67. The molecule has 0 spiro atoms. The van der Waals surface area contributed by atoms with Crippen LogP contribution in [0.3, 0.4) is 0 Å². The van der Waals surface area contributed by atoms with Crippen LogP contribution in [0.25, 0.3) is 0 Å². The zero-order valence-corrected chi connectivity index (χ0v) is 11.5. The highest BCUT2D eigenvalue weighted by molar-refractivity contribution is 5.55. The lowest BCUT2D eigenvalue weighted by Crippen LogP contribution is -2.31. The second-order valence-electron chi connectivity index (χ2n) is 5.46. The van der Waals surface area contributed by atoms with Crippen LogP contribution in [0.4, 0.5) is 5.82 Å². The molecule has 0 atom stereocenters. The molecule has 1 saturated carbocycles. The Labute approximate surface area is 113 Å². The van der Waals surface area contributed by atoms with Crippen molar-refractivity contribution in [1.82, 2.24) is 10.2 Å². The maximum absolute atomic E-state index is 9.58. The first kappa shape index (κ1) is 13.8. The molecule has 0 aromatic carbocycles. The highest BCUT2D eigenvalue weighted by Gasteiger charge is 2.33. The van der Waals surface area contributed by atoms with Gasteiger partial charge in [-0.1, -0.05) is 12.8 Å². The van der Waals surface area contributed by atoms with Crippen molar-refractivity contribution in [2.75, 3.05) is 18.5 Å². The standard InChI is InChI=1S/C14H20N4O/c1-10-11(2)17-18-13(12(10)7-15)16-8-14(9-19)5-3-4-6-14/h19H,3-6,8-9H2,1-2H3,(H,16,18). The minimum Gasteiger partial charge on any atom is -0.396 e. The van der Waals surface area contributed by atoms with Crippen LogP contribution in [-0.4, -0.2) is 28.5 Å². The summed E-state index contributed by atoms with van der Waals surface area (Å²) < 4.78 is 0. The predicted molar refractivity (Wildman–Crippen MR) is 72.7 cm³/mol. The third-order valence-corrected chi connectivity index (χ3v) is 4.20. The van der Waals surface area contributed by atoms with E-state index in [1.165, 1.54) is 0 Å². The number of aliphatic hydroxyl groups is 1. The molecular formula is C14H20N4O. The molecule has 0 radical (unpaired) electrons. The number of anilines is 1. The molecule has 1 aliphatic rings. The van der Waals surface area contributed by atoms with Gasteiger partial charge in [-0.2, -0.15) is 10.4 Å². The smallest absolute Gasteiger partial charge is 0.166 e. The molecule has 1 aromatic heterocycles. The van der Waals surface area contributed by atoms with Gasteiger partial charge in [0.25, 0.3) is 0 Å². The molecule has 0 bridgehead atoms. The van der Waals surface area contributed by atoms with Crippen LogP contribution in [0.1, 0.15) is 42.5 Å². The third kappa shape index (κ3) is 2.69. The Balaban J connectivity index is 2.16. The topological polar surface area (TPSA) is 81.8 Å². The van der Waals surface area contributed by atoms with E-state index in [-0.39, 0.29) is 12.0 Å². The molecule has 102 valence electrons. The van der Waals surface area contributed by atoms with Crippen LogP contribution >= 0.6 is 0 Å². The molecule has 5 nitrogen and oxygen atoms in total. The zero-order valence-electron chi connectivity index (χ0n) is 11.5. The maximum Gasteiger partial charge on any atom is 0.166 e. The van der Waals surface area contributed by atoms with Crippen LogP contribution < -0.4 is 5.32 Å². The van der Waals surface area contributed by atoms with Crippen molar-refractivity contribution < 1.29 is 5.11 Å². The summed E-state index contributed by atoms with van der Waals surface area (Å²) >= 11 is 0. The van der Waals surface area contributed by atoms with Crippen molar-refractivity contribution in [3.05, 3.63) is 16.8 Å². The summed E-state index contributed by atoms with van der Waals surface area (Å²) in [5.41, 5.74) is 2.13. The quantitative estimate of drug-likeness (QED) is 0.864. The number of nitrogens with zero attached hydrogens (tertiary/aromatic N) is 3. The predicted octanol–water partition coefficient (Wildman–Crippen LogP) is 1.93. The van der Waals surface area contributed by atoms with E-state index in [0.717, 1.165) is 36.9 Å². The molecule has 0 saturated heterocycles. The Morgan fingerprint density at radius 3 is 2.58 bits per heavy atom. The fourth-order valence-electron chi connectivity index (χ4n) is 2.66. The van der Waals surface area contributed by atoms with Gasteiger partial charge in [0.2, 0.25) is 0 Å². The fraction of sp³-hybridized carbons (Fsp3) is 0.643. The van der Waals surface area contributed by atoms with Crippen molar-refractivity contribution in [2.24, 2.45) is 5.41 Å². The van der Waals surface area contributed by atoms with Crippen LogP contribution in [-0.2, 0) is 0 Å². The zero-order chi connectivity index (χ0) is 13.9. The van der Waals surface area contributed by atoms with E-state index in [0.29, 0.717) is 17.9 Å². The number of aliphatic hydroxyl groups excluding tert-OH is 1. The molecule has 1 aliphatic carbocycles. The van der Waals surface area contributed by atoms with Gasteiger partial charge in [-0.15, -0.1) is 5.10 Å². The Bertz CT molecular complexity index is 501. The lowest BCUT2D eigenvalue weighted by molar-refractivity contribution is 0.142. The van der Waals surface area contributed by atoms with Gasteiger partial charge in [-0.05, 0) is 32.3 Å². The van der Waals surface area contributed by atoms with Crippen molar-refractivity contribution >= 4 is 5.82 Å². The van der Waals surface area contributed by atoms with E-state index in [9.17, 15) is 10.4 Å². The summed E-state index contributed by atoms with van der Waals surface area (Å²) in [4.78, 5) is 0. The van der Waals surface area contributed by atoms with Gasteiger partial charge in [-0.3, -0.25) is 0 Å². The first-order valence-electron chi connectivity index (χ1n) is 6.70. The summed E-state index contributed by atoms with van der Waals surface area (Å²) in [5.74, 6) is 0.533. The molecule has 1 heterocycles. The van der Waals surface area contributed by atoms with E-state index in [1.54, 1.807) is 0 Å². The minimum absolute atomic E-state index is 0.0623. The van der Waals surface area contributed by atoms with Gasteiger partial charge >= 0.3 is 0 Å². The van der Waals surface area contributed by atoms with Crippen LogP contribution in [0.15, 0.2) is 0 Å². The fourth-order valence-corrected chi connectivity index (χ4v) is 2.66. The van der Waals surface area contributed by atoms with Crippen molar-refractivity contribution in [1.29, 1.82) is 5.26 Å². The number of aromatic nitrogens is 2. The lowest BCUT2D eigenvalue weighted by Gasteiger charge is -2.27. The van der Waals surface area contributed by atoms with Crippen molar-refractivity contribution in [2.45, 2.75) is 39.5 Å². The summed E-state index contributed by atoms with van der Waals surface area (Å²) in [6.45, 7) is 4.56. The maximum atomic E-state index is 9.58. The average molecular weight is 260 g/mol. The molecule has 1 aromatic rings. The summed E-state index contributed by atoms with van der Waals surface area (Å²) in [5, 5.41) is 30.1. The van der Waals surface area contributed by atoms with E-state index in [1.807, 2.05) is 13.8 Å². The highest BCUT2D eigenvalue weighted by atomic mass is 16.3. The summed E-state index contributed by atoms with van der Waals surface area (Å²) in [7, 11) is 0. The summed E-state index contributed by atoms with van der Waals surface area (Å²) in [6, 6.07) is 2.18. The van der Waals surface area contributed by atoms with E-state index < -0.39 is 0 Å². The second-order valence-corrected chi connectivity index (χ2v) is 5.46. The summed E-state index contributed by atoms with van der Waals surface area (Å²) in [6.07, 6.45) is 4.37. The van der Waals surface area contributed by atoms with Gasteiger partial charge in [-0.25, -0.2) is 0 Å². The van der Waals surface area contributed by atoms with Gasteiger partial charge in [0.05, 0.1) is 12.3 Å². The molecule has 19 heavy (non-hydrogen) atoms. The van der Waals surface area contributed by atoms with Crippen LogP contribution in [0, 0.1) is 30.6 Å².